The Hall–Kier alpha value is -3.62. The maximum Gasteiger partial charge on any atom is 0.317 e. The molecule has 0 saturated carbocycles. The molecular formula is C23H26N8O. The van der Waals surface area contributed by atoms with E-state index in [-0.39, 0.29) is 11.4 Å². The van der Waals surface area contributed by atoms with Crippen LogP contribution in [0.4, 0.5) is 4.79 Å². The SMILES string of the molecule is CCNC(=O)N1CCC2(CCn3nc(-c4cnc5[nH]cc(-c6ccnn6C)c5c4)cc32)C1. The summed E-state index contributed by atoms with van der Waals surface area (Å²) in [6.45, 7) is 5.04. The van der Waals surface area contributed by atoms with Gasteiger partial charge in [0, 0.05) is 79.4 Å². The summed E-state index contributed by atoms with van der Waals surface area (Å²) in [4.78, 5) is 22.2. The number of carbonyl (C=O) groups excluding carboxylic acids is 1. The predicted octanol–water partition coefficient (Wildman–Crippen LogP) is 2.90. The van der Waals surface area contributed by atoms with Gasteiger partial charge in [-0.3, -0.25) is 9.36 Å². The van der Waals surface area contributed by atoms with Crippen molar-refractivity contribution < 1.29 is 4.79 Å². The molecule has 1 saturated heterocycles. The molecule has 1 fully saturated rings. The lowest BCUT2D eigenvalue weighted by Gasteiger charge is -2.23. The van der Waals surface area contributed by atoms with Crippen LogP contribution in [-0.2, 0) is 19.0 Å². The Morgan fingerprint density at radius 2 is 2.16 bits per heavy atom. The minimum Gasteiger partial charge on any atom is -0.345 e. The van der Waals surface area contributed by atoms with Crippen molar-refractivity contribution >= 4 is 17.1 Å². The van der Waals surface area contributed by atoms with E-state index in [9.17, 15) is 4.79 Å². The molecule has 6 heterocycles. The molecule has 1 atom stereocenters. The number of aryl methyl sites for hydroxylation is 2. The fourth-order valence-corrected chi connectivity index (χ4v) is 5.32. The zero-order chi connectivity index (χ0) is 21.9. The van der Waals surface area contributed by atoms with Crippen molar-refractivity contribution in [1.82, 2.24) is 39.7 Å². The van der Waals surface area contributed by atoms with Gasteiger partial charge in [-0.05, 0) is 38.0 Å². The number of nitrogens with zero attached hydrogens (tertiary/aromatic N) is 6. The van der Waals surface area contributed by atoms with E-state index in [1.165, 1.54) is 5.69 Å². The monoisotopic (exact) mass is 430 g/mol. The summed E-state index contributed by atoms with van der Waals surface area (Å²) in [5.41, 5.74) is 6.13. The van der Waals surface area contributed by atoms with E-state index >= 15 is 0 Å². The summed E-state index contributed by atoms with van der Waals surface area (Å²) in [7, 11) is 1.94. The molecule has 1 unspecified atom stereocenters. The van der Waals surface area contributed by atoms with Crippen molar-refractivity contribution in [3.05, 3.63) is 42.5 Å². The van der Waals surface area contributed by atoms with Gasteiger partial charge in [0.2, 0.25) is 0 Å². The Morgan fingerprint density at radius 3 is 2.97 bits per heavy atom. The van der Waals surface area contributed by atoms with Crippen LogP contribution < -0.4 is 5.32 Å². The fourth-order valence-electron chi connectivity index (χ4n) is 5.32. The number of likely N-dealkylation sites (tertiary alicyclic amines) is 1. The average Bonchev–Trinajstić information content (AvgIpc) is 3.58. The van der Waals surface area contributed by atoms with E-state index in [2.05, 4.69) is 37.2 Å². The average molecular weight is 431 g/mol. The van der Waals surface area contributed by atoms with E-state index in [1.54, 1.807) is 6.20 Å². The molecule has 32 heavy (non-hydrogen) atoms. The molecule has 2 aliphatic rings. The van der Waals surface area contributed by atoms with E-state index in [4.69, 9.17) is 5.10 Å². The maximum absolute atomic E-state index is 12.4. The van der Waals surface area contributed by atoms with Gasteiger partial charge in [0.15, 0.2) is 0 Å². The first-order valence-corrected chi connectivity index (χ1v) is 11.1. The molecule has 6 rings (SSSR count). The second-order valence-corrected chi connectivity index (χ2v) is 8.84. The van der Waals surface area contributed by atoms with Crippen LogP contribution in [0.5, 0.6) is 0 Å². The molecule has 9 heteroatoms. The summed E-state index contributed by atoms with van der Waals surface area (Å²) in [6, 6.07) is 6.40. The molecule has 4 aromatic rings. The molecule has 2 N–H and O–H groups in total. The first-order valence-electron chi connectivity index (χ1n) is 11.1. The Bertz CT molecular complexity index is 1330. The minimum absolute atomic E-state index is 0.00180. The third-order valence-corrected chi connectivity index (χ3v) is 7.02. The van der Waals surface area contributed by atoms with Crippen LogP contribution in [0.25, 0.3) is 33.5 Å². The van der Waals surface area contributed by atoms with E-state index in [0.717, 1.165) is 66.0 Å². The molecule has 0 aromatic carbocycles. The van der Waals surface area contributed by atoms with Crippen LogP contribution in [0.15, 0.2) is 36.8 Å². The maximum atomic E-state index is 12.4. The van der Waals surface area contributed by atoms with Gasteiger partial charge in [0.1, 0.15) is 5.65 Å². The standard InChI is InChI=1S/C23H26N8O/c1-3-24-22(32)30-8-5-23(14-30)6-9-31-20(23)11-18(28-31)15-10-16-17(13-26-21(16)25-12-15)19-4-7-27-29(19)2/h4,7,10-13H,3,5-6,8-9,14H2,1-2H3,(H,24,32)(H,25,26). The smallest absolute Gasteiger partial charge is 0.317 e. The Kier molecular flexibility index (Phi) is 4.14. The molecule has 0 bridgehead atoms. The molecule has 0 radical (unpaired) electrons. The van der Waals surface area contributed by atoms with E-state index in [1.807, 2.05) is 42.0 Å². The number of rotatable bonds is 3. The number of fused-ring (bicyclic) bond motifs is 3. The molecule has 164 valence electrons. The van der Waals surface area contributed by atoms with Crippen LogP contribution in [0, 0.1) is 0 Å². The number of amides is 2. The summed E-state index contributed by atoms with van der Waals surface area (Å²) >= 11 is 0. The highest BCUT2D eigenvalue weighted by molar-refractivity contribution is 5.94. The zero-order valence-electron chi connectivity index (χ0n) is 18.3. The second kappa shape index (κ2) is 6.94. The molecule has 0 aliphatic carbocycles. The van der Waals surface area contributed by atoms with Crippen molar-refractivity contribution in [2.24, 2.45) is 7.05 Å². The number of aromatic amines is 1. The number of urea groups is 1. The Labute approximate surface area is 185 Å². The lowest BCUT2D eigenvalue weighted by molar-refractivity contribution is 0.206. The highest BCUT2D eigenvalue weighted by Crippen LogP contribution is 2.44. The van der Waals surface area contributed by atoms with Gasteiger partial charge < -0.3 is 15.2 Å². The summed E-state index contributed by atoms with van der Waals surface area (Å²) in [6.07, 6.45) is 7.68. The number of H-pyrrole nitrogens is 1. The third-order valence-electron chi connectivity index (χ3n) is 7.02. The van der Waals surface area contributed by atoms with Gasteiger partial charge in [0.25, 0.3) is 0 Å². The van der Waals surface area contributed by atoms with Crippen molar-refractivity contribution in [3.8, 4) is 22.5 Å². The topological polar surface area (TPSA) is 96.7 Å². The molecule has 2 aliphatic heterocycles. The van der Waals surface area contributed by atoms with E-state index in [0.29, 0.717) is 6.54 Å². The fraction of sp³-hybridized carbons (Fsp3) is 0.391. The number of hydrogen-bond donors (Lipinski definition) is 2. The van der Waals surface area contributed by atoms with Crippen molar-refractivity contribution in [3.63, 3.8) is 0 Å². The van der Waals surface area contributed by atoms with Crippen LogP contribution in [0.3, 0.4) is 0 Å². The quantitative estimate of drug-likeness (QED) is 0.522. The Balaban J connectivity index is 1.35. The molecule has 2 amide bonds. The molecule has 4 aromatic heterocycles. The van der Waals surface area contributed by atoms with Gasteiger partial charge in [-0.1, -0.05) is 0 Å². The lowest BCUT2D eigenvalue weighted by Crippen LogP contribution is -2.40. The number of nitrogens with one attached hydrogen (secondary N) is 2. The highest BCUT2D eigenvalue weighted by Gasteiger charge is 2.46. The zero-order valence-corrected chi connectivity index (χ0v) is 18.3. The normalized spacial score (nSPS) is 19.9. The van der Waals surface area contributed by atoms with Gasteiger partial charge in [-0.2, -0.15) is 10.2 Å². The number of carbonyl (C=O) groups is 1. The second-order valence-electron chi connectivity index (χ2n) is 8.84. The van der Waals surface area contributed by atoms with E-state index < -0.39 is 0 Å². The largest absolute Gasteiger partial charge is 0.345 e. The van der Waals surface area contributed by atoms with Crippen molar-refractivity contribution in [2.75, 3.05) is 19.6 Å². The summed E-state index contributed by atoms with van der Waals surface area (Å²) in [5, 5.41) is 13.2. The molecule has 1 spiro atoms. The van der Waals surface area contributed by atoms with Gasteiger partial charge in [0.05, 0.1) is 11.4 Å². The first-order chi connectivity index (χ1) is 15.6. The Morgan fingerprint density at radius 1 is 1.28 bits per heavy atom. The first kappa shape index (κ1) is 19.1. The molecular weight excluding hydrogens is 404 g/mol. The number of pyridine rings is 1. The van der Waals surface area contributed by atoms with Crippen LogP contribution in [0.2, 0.25) is 0 Å². The number of hydrogen-bond acceptors (Lipinski definition) is 4. The van der Waals surface area contributed by atoms with Gasteiger partial charge >= 0.3 is 6.03 Å². The van der Waals surface area contributed by atoms with Crippen LogP contribution in [-0.4, -0.2) is 60.1 Å². The van der Waals surface area contributed by atoms with Gasteiger partial charge in [-0.15, -0.1) is 0 Å². The predicted molar refractivity (Wildman–Crippen MR) is 121 cm³/mol. The summed E-state index contributed by atoms with van der Waals surface area (Å²) in [5.74, 6) is 0. The third kappa shape index (κ3) is 2.77. The minimum atomic E-state index is 0.00180. The van der Waals surface area contributed by atoms with Crippen LogP contribution in [0.1, 0.15) is 25.5 Å². The number of aromatic nitrogens is 6. The summed E-state index contributed by atoms with van der Waals surface area (Å²) < 4.78 is 3.99. The van der Waals surface area contributed by atoms with Crippen LogP contribution >= 0.6 is 0 Å². The van der Waals surface area contributed by atoms with Gasteiger partial charge in [-0.25, -0.2) is 9.78 Å². The van der Waals surface area contributed by atoms with Crippen molar-refractivity contribution in [1.29, 1.82) is 0 Å². The highest BCUT2D eigenvalue weighted by atomic mass is 16.2. The lowest BCUT2D eigenvalue weighted by atomic mass is 9.82. The molecule has 9 nitrogen and oxygen atoms in total. The van der Waals surface area contributed by atoms with Crippen molar-refractivity contribution in [2.45, 2.75) is 31.7 Å².